The molecule has 0 aliphatic carbocycles. The van der Waals surface area contributed by atoms with Gasteiger partial charge in [-0.15, -0.1) is 6.42 Å². The minimum atomic E-state index is -0.213. The van der Waals surface area contributed by atoms with Gasteiger partial charge in [0, 0.05) is 30.6 Å². The molecule has 2 aromatic rings. The Kier molecular flexibility index (Phi) is 3.79. The van der Waals surface area contributed by atoms with Crippen molar-refractivity contribution in [3.63, 3.8) is 0 Å². The van der Waals surface area contributed by atoms with Gasteiger partial charge in [0.15, 0.2) is 0 Å². The van der Waals surface area contributed by atoms with Crippen molar-refractivity contribution in [2.75, 3.05) is 5.32 Å². The normalized spacial score (nSPS) is 10.3. The van der Waals surface area contributed by atoms with E-state index < -0.39 is 0 Å². The molecule has 0 radical (unpaired) electrons. The molecule has 94 valence electrons. The highest BCUT2D eigenvalue weighted by molar-refractivity contribution is 6.01. The Labute approximate surface area is 111 Å². The number of nitrogens with one attached hydrogen (secondary N) is 1. The molecule has 1 aromatic carbocycles. The highest BCUT2D eigenvalue weighted by atomic mass is 16.1. The van der Waals surface area contributed by atoms with Crippen molar-refractivity contribution >= 4 is 17.7 Å². The van der Waals surface area contributed by atoms with E-state index in [9.17, 15) is 4.79 Å². The minimum absolute atomic E-state index is 0.213. The zero-order valence-electron chi connectivity index (χ0n) is 10.5. The maximum atomic E-state index is 11.7. The number of hydrogen-bond donors (Lipinski definition) is 1. The van der Waals surface area contributed by atoms with Crippen LogP contribution in [0.2, 0.25) is 0 Å². The number of terminal acetylenes is 1. The molecule has 0 atom stereocenters. The van der Waals surface area contributed by atoms with Crippen LogP contribution in [0.1, 0.15) is 11.3 Å². The van der Waals surface area contributed by atoms with E-state index in [-0.39, 0.29) is 5.91 Å². The van der Waals surface area contributed by atoms with Gasteiger partial charge in [0.05, 0.1) is 5.69 Å². The Morgan fingerprint density at radius 1 is 1.47 bits per heavy atom. The largest absolute Gasteiger partial charge is 0.322 e. The SMILES string of the molecule is C#Cc1cccc(NC(=O)/C=C/c2ccnn2C)c1. The lowest BCUT2D eigenvalue weighted by molar-refractivity contribution is -0.111. The number of rotatable bonds is 3. The van der Waals surface area contributed by atoms with Crippen molar-refractivity contribution in [2.24, 2.45) is 7.05 Å². The Morgan fingerprint density at radius 3 is 3.00 bits per heavy atom. The van der Waals surface area contributed by atoms with Crippen LogP contribution < -0.4 is 5.32 Å². The highest BCUT2D eigenvalue weighted by Gasteiger charge is 1.99. The van der Waals surface area contributed by atoms with Gasteiger partial charge >= 0.3 is 0 Å². The lowest BCUT2D eigenvalue weighted by atomic mass is 10.2. The molecule has 0 saturated carbocycles. The Bertz CT molecular complexity index is 662. The molecule has 0 unspecified atom stereocenters. The Morgan fingerprint density at radius 2 is 2.32 bits per heavy atom. The maximum absolute atomic E-state index is 11.7. The number of aryl methyl sites for hydroxylation is 1. The molecule has 0 saturated heterocycles. The fourth-order valence-corrected chi connectivity index (χ4v) is 1.58. The quantitative estimate of drug-likeness (QED) is 0.670. The summed E-state index contributed by atoms with van der Waals surface area (Å²) >= 11 is 0. The maximum Gasteiger partial charge on any atom is 0.248 e. The fraction of sp³-hybridized carbons (Fsp3) is 0.0667. The average molecular weight is 251 g/mol. The van der Waals surface area contributed by atoms with Gasteiger partial charge < -0.3 is 5.32 Å². The number of anilines is 1. The van der Waals surface area contributed by atoms with Gasteiger partial charge in [0.25, 0.3) is 0 Å². The molecule has 0 spiro atoms. The number of carbonyl (C=O) groups is 1. The van der Waals surface area contributed by atoms with Crippen LogP contribution in [0.5, 0.6) is 0 Å². The first-order chi connectivity index (χ1) is 9.19. The van der Waals surface area contributed by atoms with E-state index in [1.54, 1.807) is 41.2 Å². The first-order valence-electron chi connectivity index (χ1n) is 5.73. The third-order valence-electron chi connectivity index (χ3n) is 2.56. The van der Waals surface area contributed by atoms with E-state index in [0.29, 0.717) is 5.69 Å². The van der Waals surface area contributed by atoms with E-state index in [4.69, 9.17) is 6.42 Å². The smallest absolute Gasteiger partial charge is 0.248 e. The number of amides is 1. The van der Waals surface area contributed by atoms with Crippen molar-refractivity contribution in [1.82, 2.24) is 9.78 Å². The highest BCUT2D eigenvalue weighted by Crippen LogP contribution is 2.10. The fourth-order valence-electron chi connectivity index (χ4n) is 1.58. The summed E-state index contributed by atoms with van der Waals surface area (Å²) in [5.74, 6) is 2.31. The van der Waals surface area contributed by atoms with Gasteiger partial charge in [-0.1, -0.05) is 12.0 Å². The second kappa shape index (κ2) is 5.69. The van der Waals surface area contributed by atoms with Crippen LogP contribution in [0.4, 0.5) is 5.69 Å². The Hall–Kier alpha value is -2.80. The van der Waals surface area contributed by atoms with Gasteiger partial charge in [-0.05, 0) is 30.3 Å². The van der Waals surface area contributed by atoms with E-state index >= 15 is 0 Å². The molecule has 19 heavy (non-hydrogen) atoms. The van der Waals surface area contributed by atoms with E-state index in [2.05, 4.69) is 16.3 Å². The summed E-state index contributed by atoms with van der Waals surface area (Å²) in [5.41, 5.74) is 2.26. The summed E-state index contributed by atoms with van der Waals surface area (Å²) in [6.45, 7) is 0. The predicted molar refractivity (Wildman–Crippen MR) is 75.2 cm³/mol. The summed E-state index contributed by atoms with van der Waals surface area (Å²) in [4.78, 5) is 11.7. The number of benzene rings is 1. The van der Waals surface area contributed by atoms with Crippen LogP contribution in [-0.2, 0) is 11.8 Å². The zero-order chi connectivity index (χ0) is 13.7. The third kappa shape index (κ3) is 3.33. The van der Waals surface area contributed by atoms with E-state index in [0.717, 1.165) is 11.3 Å². The molecule has 1 amide bonds. The van der Waals surface area contributed by atoms with Gasteiger partial charge in [-0.2, -0.15) is 5.10 Å². The molecule has 1 N–H and O–H groups in total. The summed E-state index contributed by atoms with van der Waals surface area (Å²) < 4.78 is 1.68. The van der Waals surface area contributed by atoms with Crippen molar-refractivity contribution < 1.29 is 4.79 Å². The van der Waals surface area contributed by atoms with Gasteiger partial charge in [-0.25, -0.2) is 0 Å². The Balaban J connectivity index is 2.04. The summed E-state index contributed by atoms with van der Waals surface area (Å²) in [6, 6.07) is 8.96. The van der Waals surface area contributed by atoms with Gasteiger partial charge in [0.1, 0.15) is 0 Å². The van der Waals surface area contributed by atoms with Crippen LogP contribution in [0.15, 0.2) is 42.6 Å². The number of nitrogens with zero attached hydrogens (tertiary/aromatic N) is 2. The van der Waals surface area contributed by atoms with Crippen LogP contribution in [-0.4, -0.2) is 15.7 Å². The number of aromatic nitrogens is 2. The van der Waals surface area contributed by atoms with Crippen LogP contribution in [0.3, 0.4) is 0 Å². The van der Waals surface area contributed by atoms with Crippen molar-refractivity contribution in [3.05, 3.63) is 53.9 Å². The first-order valence-corrected chi connectivity index (χ1v) is 5.73. The molecule has 0 aliphatic rings. The van der Waals surface area contributed by atoms with Crippen molar-refractivity contribution in [3.8, 4) is 12.3 Å². The van der Waals surface area contributed by atoms with Crippen molar-refractivity contribution in [2.45, 2.75) is 0 Å². The number of hydrogen-bond acceptors (Lipinski definition) is 2. The molecule has 0 fully saturated rings. The lowest BCUT2D eigenvalue weighted by Gasteiger charge is -2.02. The number of carbonyl (C=O) groups excluding carboxylic acids is 1. The molecule has 0 aliphatic heterocycles. The monoisotopic (exact) mass is 251 g/mol. The second-order valence-electron chi connectivity index (χ2n) is 3.93. The summed E-state index contributed by atoms with van der Waals surface area (Å²) in [6.07, 6.45) is 10.1. The van der Waals surface area contributed by atoms with Crippen molar-refractivity contribution in [1.29, 1.82) is 0 Å². The molecular weight excluding hydrogens is 238 g/mol. The average Bonchev–Trinajstić information content (AvgIpc) is 2.82. The first kappa shape index (κ1) is 12.7. The zero-order valence-corrected chi connectivity index (χ0v) is 10.5. The third-order valence-corrected chi connectivity index (χ3v) is 2.56. The molecule has 1 heterocycles. The van der Waals surface area contributed by atoms with E-state index in [1.165, 1.54) is 6.08 Å². The molecule has 4 heteroatoms. The molecular formula is C15H13N3O. The van der Waals surface area contributed by atoms with E-state index in [1.807, 2.05) is 13.1 Å². The topological polar surface area (TPSA) is 46.9 Å². The minimum Gasteiger partial charge on any atom is -0.322 e. The van der Waals surface area contributed by atoms with Crippen LogP contribution in [0.25, 0.3) is 6.08 Å². The predicted octanol–water partition coefficient (Wildman–Crippen LogP) is 2.05. The summed E-state index contributed by atoms with van der Waals surface area (Å²) in [7, 11) is 1.81. The van der Waals surface area contributed by atoms with Gasteiger partial charge in [0.2, 0.25) is 5.91 Å². The standard InChI is InChI=1S/C15H13N3O/c1-3-12-5-4-6-13(11-12)17-15(19)8-7-14-9-10-16-18(14)2/h1,4-11H,2H3,(H,17,19)/b8-7+. The molecule has 2 rings (SSSR count). The summed E-state index contributed by atoms with van der Waals surface area (Å²) in [5, 5.41) is 6.76. The van der Waals surface area contributed by atoms with Crippen LogP contribution in [0, 0.1) is 12.3 Å². The second-order valence-corrected chi connectivity index (χ2v) is 3.93. The van der Waals surface area contributed by atoms with Crippen LogP contribution >= 0.6 is 0 Å². The molecule has 4 nitrogen and oxygen atoms in total. The molecule has 0 bridgehead atoms. The lowest BCUT2D eigenvalue weighted by Crippen LogP contribution is -2.08. The van der Waals surface area contributed by atoms with Gasteiger partial charge in [-0.3, -0.25) is 9.48 Å². The molecule has 1 aromatic heterocycles.